The minimum absolute atomic E-state index is 0.114. The molecule has 214 valence electrons. The van der Waals surface area contributed by atoms with E-state index in [1.165, 1.54) is 11.4 Å². The van der Waals surface area contributed by atoms with Crippen molar-refractivity contribution in [3.63, 3.8) is 0 Å². The molecule has 2 amide bonds. The van der Waals surface area contributed by atoms with E-state index in [0.29, 0.717) is 19.4 Å². The number of nitrogens with one attached hydrogen (secondary N) is 1. The number of rotatable bonds is 14. The normalized spacial score (nSPS) is 12.3. The van der Waals surface area contributed by atoms with Crippen LogP contribution < -0.4 is 5.32 Å². The number of sulfonamides is 1. The highest BCUT2D eigenvalue weighted by atomic mass is 32.2. The van der Waals surface area contributed by atoms with E-state index in [2.05, 4.69) is 5.32 Å². The highest BCUT2D eigenvalue weighted by Crippen LogP contribution is 2.19. The Balaban J connectivity index is 1.82. The van der Waals surface area contributed by atoms with Gasteiger partial charge in [-0.05, 0) is 42.5 Å². The first-order valence-electron chi connectivity index (χ1n) is 13.8. The Morgan fingerprint density at radius 2 is 1.50 bits per heavy atom. The number of carbonyl (C=O) groups is 2. The summed E-state index contributed by atoms with van der Waals surface area (Å²) in [5.74, 6) is -0.112. The number of benzene rings is 3. The average Bonchev–Trinajstić information content (AvgIpc) is 2.94. The van der Waals surface area contributed by atoms with E-state index in [9.17, 15) is 18.0 Å². The summed E-state index contributed by atoms with van der Waals surface area (Å²) in [5, 5.41) is 3.03. The Kier molecular flexibility index (Phi) is 11.5. The predicted molar refractivity (Wildman–Crippen MR) is 159 cm³/mol. The Labute approximate surface area is 239 Å². The third kappa shape index (κ3) is 9.03. The molecular weight excluding hydrogens is 522 g/mol. The van der Waals surface area contributed by atoms with Gasteiger partial charge >= 0.3 is 0 Å². The molecular formula is C32H41N3O4S. The SMILES string of the molecule is Cc1cccc(CN(C(=O)CCCN(C)S(=O)(=O)c2ccccc2)[C@@H](Cc2ccccc2)C(=O)NCC(C)C)c1. The average molecular weight is 564 g/mol. The van der Waals surface area contributed by atoms with Crippen molar-refractivity contribution < 1.29 is 18.0 Å². The highest BCUT2D eigenvalue weighted by Gasteiger charge is 2.30. The van der Waals surface area contributed by atoms with Crippen LogP contribution in [-0.2, 0) is 32.6 Å². The Morgan fingerprint density at radius 1 is 0.875 bits per heavy atom. The maximum absolute atomic E-state index is 13.8. The lowest BCUT2D eigenvalue weighted by Crippen LogP contribution is -2.51. The summed E-state index contributed by atoms with van der Waals surface area (Å²) in [6.07, 6.45) is 0.825. The first-order valence-corrected chi connectivity index (χ1v) is 15.2. The van der Waals surface area contributed by atoms with E-state index in [0.717, 1.165) is 16.7 Å². The maximum Gasteiger partial charge on any atom is 0.243 e. The van der Waals surface area contributed by atoms with Crippen LogP contribution in [-0.4, -0.2) is 55.6 Å². The summed E-state index contributed by atoms with van der Waals surface area (Å²) in [6, 6.07) is 25.2. The zero-order valence-electron chi connectivity index (χ0n) is 23.9. The first-order chi connectivity index (χ1) is 19.1. The van der Waals surface area contributed by atoms with Crippen molar-refractivity contribution >= 4 is 21.8 Å². The predicted octanol–water partition coefficient (Wildman–Crippen LogP) is 4.81. The lowest BCUT2D eigenvalue weighted by Gasteiger charge is -2.32. The van der Waals surface area contributed by atoms with E-state index in [1.807, 2.05) is 75.4 Å². The van der Waals surface area contributed by atoms with E-state index in [-0.39, 0.29) is 42.1 Å². The number of aryl methyl sites for hydroxylation is 1. The number of amides is 2. The van der Waals surface area contributed by atoms with Gasteiger partial charge in [0.25, 0.3) is 0 Å². The largest absolute Gasteiger partial charge is 0.354 e. The van der Waals surface area contributed by atoms with Gasteiger partial charge in [-0.2, -0.15) is 0 Å². The van der Waals surface area contributed by atoms with Gasteiger partial charge in [0.2, 0.25) is 21.8 Å². The second-order valence-corrected chi connectivity index (χ2v) is 12.6. The molecule has 0 heterocycles. The van der Waals surface area contributed by atoms with Crippen LogP contribution in [0.15, 0.2) is 89.8 Å². The molecule has 0 saturated heterocycles. The van der Waals surface area contributed by atoms with Crippen molar-refractivity contribution in [2.45, 2.75) is 57.5 Å². The van der Waals surface area contributed by atoms with Gasteiger partial charge in [0, 0.05) is 39.5 Å². The van der Waals surface area contributed by atoms with Gasteiger partial charge in [0.1, 0.15) is 6.04 Å². The Hall–Kier alpha value is -3.49. The van der Waals surface area contributed by atoms with Gasteiger partial charge in [0.15, 0.2) is 0 Å². The van der Waals surface area contributed by atoms with Gasteiger partial charge in [-0.15, -0.1) is 0 Å². The molecule has 0 aliphatic heterocycles. The highest BCUT2D eigenvalue weighted by molar-refractivity contribution is 7.89. The van der Waals surface area contributed by atoms with Crippen molar-refractivity contribution in [2.24, 2.45) is 5.92 Å². The second-order valence-electron chi connectivity index (χ2n) is 10.6. The third-order valence-corrected chi connectivity index (χ3v) is 8.58. The molecule has 1 atom stereocenters. The maximum atomic E-state index is 13.8. The molecule has 0 saturated carbocycles. The molecule has 40 heavy (non-hydrogen) atoms. The molecule has 7 nitrogen and oxygen atoms in total. The summed E-state index contributed by atoms with van der Waals surface area (Å²) < 4.78 is 27.1. The van der Waals surface area contributed by atoms with Crippen molar-refractivity contribution in [1.82, 2.24) is 14.5 Å². The molecule has 3 aromatic rings. The summed E-state index contributed by atoms with van der Waals surface area (Å²) in [5.41, 5.74) is 2.97. The molecule has 0 aliphatic carbocycles. The lowest BCUT2D eigenvalue weighted by atomic mass is 10.0. The van der Waals surface area contributed by atoms with E-state index < -0.39 is 16.1 Å². The van der Waals surface area contributed by atoms with Gasteiger partial charge < -0.3 is 10.2 Å². The topological polar surface area (TPSA) is 86.8 Å². The fraction of sp³-hybridized carbons (Fsp3) is 0.375. The minimum atomic E-state index is -3.65. The molecule has 0 spiro atoms. The zero-order valence-corrected chi connectivity index (χ0v) is 24.7. The quantitative estimate of drug-likeness (QED) is 0.305. The minimum Gasteiger partial charge on any atom is -0.354 e. The third-order valence-electron chi connectivity index (χ3n) is 6.71. The van der Waals surface area contributed by atoms with Gasteiger partial charge in [-0.3, -0.25) is 9.59 Å². The van der Waals surface area contributed by atoms with Crippen LogP contribution in [0.25, 0.3) is 0 Å². The molecule has 0 radical (unpaired) electrons. The number of carbonyl (C=O) groups excluding carboxylic acids is 2. The summed E-state index contributed by atoms with van der Waals surface area (Å²) in [4.78, 5) is 29.2. The Morgan fingerprint density at radius 3 is 2.12 bits per heavy atom. The molecule has 0 aliphatic rings. The fourth-order valence-electron chi connectivity index (χ4n) is 4.47. The van der Waals surface area contributed by atoms with E-state index in [4.69, 9.17) is 0 Å². The van der Waals surface area contributed by atoms with Crippen molar-refractivity contribution in [2.75, 3.05) is 20.1 Å². The summed E-state index contributed by atoms with van der Waals surface area (Å²) in [7, 11) is -2.13. The monoisotopic (exact) mass is 563 g/mol. The van der Waals surface area contributed by atoms with E-state index >= 15 is 0 Å². The van der Waals surface area contributed by atoms with Crippen molar-refractivity contribution in [3.8, 4) is 0 Å². The molecule has 0 aromatic heterocycles. The standard InChI is InChI=1S/C32H41N3O4S/c1-25(2)23-33-32(37)30(22-27-14-7-5-8-15-27)35(24-28-16-11-13-26(3)21-28)31(36)19-12-20-34(4)40(38,39)29-17-9-6-10-18-29/h5-11,13-18,21,25,30H,12,19-20,22-24H2,1-4H3,(H,33,37)/t30-/m0/s1. The zero-order chi connectivity index (χ0) is 29.1. The van der Waals surface area contributed by atoms with E-state index in [1.54, 1.807) is 35.2 Å². The van der Waals surface area contributed by atoms with Crippen LogP contribution >= 0.6 is 0 Å². The van der Waals surface area contributed by atoms with Crippen LogP contribution in [0, 0.1) is 12.8 Å². The number of nitrogens with zero attached hydrogens (tertiary/aromatic N) is 2. The van der Waals surface area contributed by atoms with Gasteiger partial charge in [0.05, 0.1) is 4.90 Å². The first kappa shape index (κ1) is 31.0. The fourth-order valence-corrected chi connectivity index (χ4v) is 5.70. The van der Waals surface area contributed by atoms with Gasteiger partial charge in [-0.1, -0.05) is 92.2 Å². The lowest BCUT2D eigenvalue weighted by molar-refractivity contribution is -0.141. The van der Waals surface area contributed by atoms with Crippen molar-refractivity contribution in [1.29, 1.82) is 0 Å². The summed E-state index contributed by atoms with van der Waals surface area (Å²) >= 11 is 0. The van der Waals surface area contributed by atoms with Crippen LogP contribution in [0.5, 0.6) is 0 Å². The van der Waals surface area contributed by atoms with Crippen LogP contribution in [0.3, 0.4) is 0 Å². The molecule has 3 rings (SSSR count). The van der Waals surface area contributed by atoms with Crippen LogP contribution in [0.4, 0.5) is 0 Å². The van der Waals surface area contributed by atoms with Gasteiger partial charge in [-0.25, -0.2) is 12.7 Å². The molecule has 0 bridgehead atoms. The van der Waals surface area contributed by atoms with Crippen molar-refractivity contribution in [3.05, 3.63) is 102 Å². The number of hydrogen-bond donors (Lipinski definition) is 1. The van der Waals surface area contributed by atoms with Crippen LogP contribution in [0.1, 0.15) is 43.4 Å². The molecule has 1 N–H and O–H groups in total. The summed E-state index contributed by atoms with van der Waals surface area (Å²) in [6.45, 7) is 7.04. The van der Waals surface area contributed by atoms with Crippen LogP contribution in [0.2, 0.25) is 0 Å². The second kappa shape index (κ2) is 14.8. The molecule has 0 fully saturated rings. The molecule has 8 heteroatoms. The number of hydrogen-bond acceptors (Lipinski definition) is 4. The smallest absolute Gasteiger partial charge is 0.243 e. The molecule has 0 unspecified atom stereocenters. The Bertz CT molecular complexity index is 1340. The molecule has 3 aromatic carbocycles.